The van der Waals surface area contributed by atoms with Gasteiger partial charge in [0.2, 0.25) is 0 Å². The SMILES string of the molecule is CCCCCCc1ccc(C(=C(CCCC)C(=C=[N+]=[N-])CCC)c2ccc(CCCC)cc2)cc1. The van der Waals surface area contributed by atoms with Crippen molar-refractivity contribution in [3.8, 4) is 0 Å². The first-order valence-corrected chi connectivity index (χ1v) is 14.1. The monoisotopic (exact) mass is 470 g/mol. The zero-order chi connectivity index (χ0) is 25.3. The summed E-state index contributed by atoms with van der Waals surface area (Å²) < 4.78 is 0. The molecular formula is C33H46N2. The smallest absolute Gasteiger partial charge is 0.303 e. The van der Waals surface area contributed by atoms with Crippen LogP contribution in [0.5, 0.6) is 0 Å². The van der Waals surface area contributed by atoms with E-state index < -0.39 is 0 Å². The summed E-state index contributed by atoms with van der Waals surface area (Å²) in [5, 5.41) is 0. The second kappa shape index (κ2) is 16.9. The third-order valence-corrected chi connectivity index (χ3v) is 6.75. The van der Waals surface area contributed by atoms with Crippen molar-refractivity contribution in [3.63, 3.8) is 0 Å². The van der Waals surface area contributed by atoms with Crippen LogP contribution in [0.2, 0.25) is 0 Å². The lowest BCUT2D eigenvalue weighted by molar-refractivity contribution is 0.00740. The van der Waals surface area contributed by atoms with Crippen LogP contribution in [0.15, 0.2) is 59.7 Å². The van der Waals surface area contributed by atoms with Crippen molar-refractivity contribution in [3.05, 3.63) is 87.5 Å². The lowest BCUT2D eigenvalue weighted by Gasteiger charge is -2.18. The van der Waals surface area contributed by atoms with Crippen LogP contribution in [0.1, 0.15) is 121 Å². The number of aryl methyl sites for hydroxylation is 2. The van der Waals surface area contributed by atoms with E-state index in [1.54, 1.807) is 0 Å². The molecule has 2 heteroatoms. The minimum Gasteiger partial charge on any atom is -0.348 e. The van der Waals surface area contributed by atoms with E-state index in [1.807, 2.05) is 0 Å². The van der Waals surface area contributed by atoms with Crippen LogP contribution in [-0.4, -0.2) is 10.7 Å². The number of hydrogen-bond donors (Lipinski definition) is 0. The molecule has 2 rings (SSSR count). The summed E-state index contributed by atoms with van der Waals surface area (Å²) in [7, 11) is 0. The Balaban J connectivity index is 2.57. The molecule has 2 nitrogen and oxygen atoms in total. The molecule has 0 heterocycles. The maximum atomic E-state index is 9.41. The van der Waals surface area contributed by atoms with Crippen molar-refractivity contribution in [1.82, 2.24) is 0 Å². The van der Waals surface area contributed by atoms with Gasteiger partial charge < -0.3 is 5.53 Å². The molecule has 0 N–H and O–H groups in total. The predicted molar refractivity (Wildman–Crippen MR) is 152 cm³/mol. The molecule has 0 bridgehead atoms. The van der Waals surface area contributed by atoms with Crippen LogP contribution < -0.4 is 0 Å². The fourth-order valence-electron chi connectivity index (χ4n) is 4.69. The Morgan fingerprint density at radius 1 is 0.629 bits per heavy atom. The van der Waals surface area contributed by atoms with Crippen molar-refractivity contribution in [2.45, 2.75) is 111 Å². The second-order valence-corrected chi connectivity index (χ2v) is 9.71. The van der Waals surface area contributed by atoms with Gasteiger partial charge in [0, 0.05) is 0 Å². The largest absolute Gasteiger partial charge is 0.348 e. The highest BCUT2D eigenvalue weighted by atomic mass is 14.8. The summed E-state index contributed by atoms with van der Waals surface area (Å²) in [6.45, 7) is 8.91. The summed E-state index contributed by atoms with van der Waals surface area (Å²) in [6.07, 6.45) is 14.9. The van der Waals surface area contributed by atoms with Gasteiger partial charge in [-0.2, -0.15) is 0 Å². The number of rotatable bonds is 16. The summed E-state index contributed by atoms with van der Waals surface area (Å²) in [5.74, 6) is 2.94. The first-order valence-electron chi connectivity index (χ1n) is 14.1. The molecule has 0 radical (unpaired) electrons. The molecule has 0 amide bonds. The number of benzene rings is 2. The van der Waals surface area contributed by atoms with E-state index in [-0.39, 0.29) is 0 Å². The molecular weight excluding hydrogens is 424 g/mol. The van der Waals surface area contributed by atoms with Crippen LogP contribution in [-0.2, 0) is 12.8 Å². The van der Waals surface area contributed by atoms with Gasteiger partial charge >= 0.3 is 5.87 Å². The Kier molecular flexibility index (Phi) is 13.8. The number of nitrogens with zero attached hydrogens (tertiary/aromatic N) is 2. The Labute approximate surface area is 214 Å². The zero-order valence-corrected chi connectivity index (χ0v) is 22.7. The molecule has 2 aromatic rings. The van der Waals surface area contributed by atoms with Gasteiger partial charge in [-0.1, -0.05) is 115 Å². The van der Waals surface area contributed by atoms with Crippen molar-refractivity contribution >= 4 is 11.4 Å². The van der Waals surface area contributed by atoms with E-state index in [9.17, 15) is 5.53 Å². The van der Waals surface area contributed by atoms with Gasteiger partial charge in [-0.15, -0.1) is 4.79 Å². The zero-order valence-electron chi connectivity index (χ0n) is 22.7. The standard InChI is InChI=1S/C33H46N2/c1-5-9-12-13-16-28-20-24-30(25-21-28)33(29-22-18-27(19-23-29)15-10-6-2)32(17-11-7-3)31(14-8-4)26-35-34/h18-25H,5-17H2,1-4H3. The molecule has 2 aromatic carbocycles. The predicted octanol–water partition coefficient (Wildman–Crippen LogP) is 9.77. The highest BCUT2D eigenvalue weighted by molar-refractivity contribution is 5.87. The molecule has 0 aliphatic heterocycles. The third-order valence-electron chi connectivity index (χ3n) is 6.75. The van der Waals surface area contributed by atoms with Crippen LogP contribution in [0, 0.1) is 0 Å². The first-order chi connectivity index (χ1) is 17.2. The lowest BCUT2D eigenvalue weighted by atomic mass is 9.85. The number of unbranched alkanes of at least 4 members (excludes halogenated alkanes) is 5. The summed E-state index contributed by atoms with van der Waals surface area (Å²) in [6, 6.07) is 18.3. The number of allylic oxidation sites excluding steroid dienone is 2. The van der Waals surface area contributed by atoms with Gasteiger partial charge in [0.1, 0.15) is 0 Å². The van der Waals surface area contributed by atoms with Crippen LogP contribution in [0.25, 0.3) is 11.1 Å². The first kappa shape index (κ1) is 28.6. The van der Waals surface area contributed by atoms with Crippen molar-refractivity contribution in [2.75, 3.05) is 0 Å². The van der Waals surface area contributed by atoms with Crippen molar-refractivity contribution in [1.29, 1.82) is 0 Å². The average Bonchev–Trinajstić information content (AvgIpc) is 2.89. The van der Waals surface area contributed by atoms with Gasteiger partial charge in [-0.05, 0) is 78.3 Å². The molecule has 0 aliphatic rings. The fourth-order valence-corrected chi connectivity index (χ4v) is 4.69. The van der Waals surface area contributed by atoms with E-state index in [0.717, 1.165) is 50.5 Å². The maximum Gasteiger partial charge on any atom is 0.303 e. The summed E-state index contributed by atoms with van der Waals surface area (Å²) in [4.78, 5) is 3.34. The van der Waals surface area contributed by atoms with E-state index in [0.29, 0.717) is 0 Å². The topological polar surface area (TPSA) is 36.4 Å². The van der Waals surface area contributed by atoms with Crippen molar-refractivity contribution < 1.29 is 4.79 Å². The van der Waals surface area contributed by atoms with Gasteiger partial charge in [0.25, 0.3) is 0 Å². The Morgan fingerprint density at radius 2 is 1.17 bits per heavy atom. The molecule has 0 unspecified atom stereocenters. The van der Waals surface area contributed by atoms with Gasteiger partial charge in [0.05, 0.1) is 5.57 Å². The number of hydrogen-bond acceptors (Lipinski definition) is 0. The van der Waals surface area contributed by atoms with Crippen LogP contribution >= 0.6 is 0 Å². The van der Waals surface area contributed by atoms with Gasteiger partial charge in [-0.25, -0.2) is 0 Å². The Morgan fingerprint density at radius 3 is 1.66 bits per heavy atom. The Bertz CT molecular complexity index is 982. The summed E-state index contributed by atoms with van der Waals surface area (Å²) >= 11 is 0. The fraction of sp³-hybridized carbons (Fsp3) is 0.515. The van der Waals surface area contributed by atoms with Gasteiger partial charge in [-0.3, -0.25) is 0 Å². The van der Waals surface area contributed by atoms with Crippen LogP contribution in [0.4, 0.5) is 0 Å². The molecule has 0 atom stereocenters. The highest BCUT2D eigenvalue weighted by Gasteiger charge is 2.18. The van der Waals surface area contributed by atoms with E-state index in [1.165, 1.54) is 71.9 Å². The lowest BCUT2D eigenvalue weighted by Crippen LogP contribution is -2.01. The molecule has 0 spiro atoms. The maximum absolute atomic E-state index is 9.41. The minimum absolute atomic E-state index is 0.858. The third kappa shape index (κ3) is 9.48. The average molecular weight is 471 g/mol. The second-order valence-electron chi connectivity index (χ2n) is 9.71. The normalized spacial score (nSPS) is 11.5. The molecule has 0 saturated carbocycles. The summed E-state index contributed by atoms with van der Waals surface area (Å²) in [5.41, 5.74) is 18.2. The minimum atomic E-state index is 0.858. The van der Waals surface area contributed by atoms with E-state index >= 15 is 0 Å². The Hall–Kier alpha value is -2.66. The quantitative estimate of drug-likeness (QED) is 0.0769. The molecule has 35 heavy (non-hydrogen) atoms. The molecule has 0 aromatic heterocycles. The van der Waals surface area contributed by atoms with E-state index in [2.05, 4.69) is 86.9 Å². The van der Waals surface area contributed by atoms with E-state index in [4.69, 9.17) is 0 Å². The van der Waals surface area contributed by atoms with Gasteiger partial charge in [0.15, 0.2) is 0 Å². The van der Waals surface area contributed by atoms with Crippen molar-refractivity contribution in [2.24, 2.45) is 0 Å². The van der Waals surface area contributed by atoms with Crippen LogP contribution in [0.3, 0.4) is 0 Å². The molecule has 0 saturated heterocycles. The molecule has 0 fully saturated rings. The highest BCUT2D eigenvalue weighted by Crippen LogP contribution is 2.34. The molecule has 0 aliphatic carbocycles. The molecule has 188 valence electrons.